The van der Waals surface area contributed by atoms with Crippen LogP contribution in [-0.4, -0.2) is 128 Å². The zero-order valence-corrected chi connectivity index (χ0v) is 54.7. The number of alkyl halides is 9. The Labute approximate surface area is 565 Å². The Balaban J connectivity index is 0.000000222. The number of primary amides is 1. The van der Waals surface area contributed by atoms with Gasteiger partial charge in [0.05, 0.1) is 51.7 Å². The van der Waals surface area contributed by atoms with Crippen molar-refractivity contribution in [3.8, 4) is 91.4 Å². The first-order valence-electron chi connectivity index (χ1n) is 26.6. The van der Waals surface area contributed by atoms with Gasteiger partial charge in [-0.05, 0) is 105 Å². The Morgan fingerprint density at radius 1 is 0.485 bits per heavy atom. The average molecular weight is 1520 g/mol. The normalized spacial score (nSPS) is 11.3. The third-order valence-corrected chi connectivity index (χ3v) is 14.7. The van der Waals surface area contributed by atoms with Gasteiger partial charge in [0, 0.05) is 47.2 Å². The van der Waals surface area contributed by atoms with Crippen molar-refractivity contribution >= 4 is 65.5 Å². The number of amides is 1. The topological polar surface area (TPSA) is 358 Å². The summed E-state index contributed by atoms with van der Waals surface area (Å²) in [4.78, 5) is 32.6. The minimum Gasteiger partial charge on any atom is -0.535 e. The summed E-state index contributed by atoms with van der Waals surface area (Å²) < 4.78 is 204. The number of benzene rings is 4. The van der Waals surface area contributed by atoms with E-state index in [1.54, 1.807) is 80.3 Å². The number of ether oxygens (including phenoxy) is 4. The van der Waals surface area contributed by atoms with E-state index in [-0.39, 0.29) is 34.4 Å². The van der Waals surface area contributed by atoms with Crippen molar-refractivity contribution in [3.05, 3.63) is 205 Å². The van der Waals surface area contributed by atoms with E-state index < -0.39 is 58.5 Å². The van der Waals surface area contributed by atoms with Crippen molar-refractivity contribution in [2.75, 3.05) is 28.4 Å². The van der Waals surface area contributed by atoms with E-state index in [2.05, 4.69) is 63.4 Å². The molecule has 0 saturated carbocycles. The lowest BCUT2D eigenvalue weighted by atomic mass is 9.98. The minimum atomic E-state index is -6.44. The molecule has 5 N–H and O–H groups in total. The second kappa shape index (κ2) is 35.8. The molecule has 0 spiro atoms. The van der Waals surface area contributed by atoms with Gasteiger partial charge in [-0.15, -0.1) is 0 Å². The monoisotopic (exact) mass is 1520 g/mol. The van der Waals surface area contributed by atoms with E-state index >= 15 is 0 Å². The molecule has 6 aromatic heterocycles. The number of aromatic nitrogens is 6. The van der Waals surface area contributed by atoms with Gasteiger partial charge in [0.15, 0.2) is 11.5 Å². The standard InChI is InChI=1S/C20H16N4O2.C13H10F3NO4S.C12H11NO2.C6H6BO3.C6H6BrNO.C2F6O7S2/c1-26-19-8-4-7-16(23-19)15-6-3-2-5-14(15)13-9-10-18-22-11-17(20(21)25)24(18)12-13;1-20-12-8-4-6-10(17-12)9-5-2-3-7-11(9)21-22(18,19)13(14,15)16;1-15-12-8-4-6-10(13-12)9-5-2-3-7-11(9)14;8-5-3-1-2-4-6(5)10-7-9;1-9-6-4-2-3-5(7)8-6;3-1(4,5)16(9,10)14-13-15-17(11,12)2(6,7)8/h2-12H,1H3,(H2,21,25);2-8H,1H3;2-8,14H,1H3;1-4,8-9H;2-4H,1H3;. The number of nitrogens with two attached hydrogens (primary N) is 1. The highest BCUT2D eigenvalue weighted by molar-refractivity contribution is 9.10. The second-order valence-corrected chi connectivity index (χ2v) is 23.5. The van der Waals surface area contributed by atoms with E-state index in [9.17, 15) is 74.7 Å². The quantitative estimate of drug-likeness (QED) is 0.0125. The first-order chi connectivity index (χ1) is 46.6. The predicted molar refractivity (Wildman–Crippen MR) is 337 cm³/mol. The molecule has 40 heteroatoms. The molecule has 99 heavy (non-hydrogen) atoms. The Morgan fingerprint density at radius 3 is 1.32 bits per heavy atom. The van der Waals surface area contributed by atoms with E-state index in [1.807, 2.05) is 97.2 Å². The fourth-order valence-corrected chi connectivity index (χ4v) is 8.40. The molecule has 0 bridgehead atoms. The number of methoxy groups -OCH3 is 4. The smallest absolute Gasteiger partial charge is 0.535 e. The van der Waals surface area contributed by atoms with Gasteiger partial charge in [0.25, 0.3) is 5.91 Å². The van der Waals surface area contributed by atoms with Crippen LogP contribution in [0.25, 0.3) is 50.5 Å². The van der Waals surface area contributed by atoms with Crippen molar-refractivity contribution in [3.63, 3.8) is 0 Å². The van der Waals surface area contributed by atoms with Crippen LogP contribution >= 0.6 is 15.9 Å². The van der Waals surface area contributed by atoms with Crippen LogP contribution < -0.4 is 33.5 Å². The number of nitrogens with zero attached hydrogens (tertiary/aromatic N) is 6. The maximum absolute atomic E-state index is 12.4. The van der Waals surface area contributed by atoms with Crippen molar-refractivity contribution in [2.24, 2.45) is 5.73 Å². The van der Waals surface area contributed by atoms with Crippen LogP contribution in [-0.2, 0) is 44.1 Å². The van der Waals surface area contributed by atoms with Crippen molar-refractivity contribution in [1.29, 1.82) is 0 Å². The van der Waals surface area contributed by atoms with Crippen LogP contribution in [0.2, 0.25) is 0 Å². The number of rotatable bonds is 17. The summed E-state index contributed by atoms with van der Waals surface area (Å²) in [5.41, 5.74) is -5.72. The summed E-state index contributed by atoms with van der Waals surface area (Å²) in [6, 6.07) is 51.8. The third-order valence-electron chi connectivity index (χ3n) is 11.6. The number of phenols is 2. The number of phenolic OH excluding ortho intramolecular Hbond substituents is 2. The van der Waals surface area contributed by atoms with Crippen LogP contribution in [0.3, 0.4) is 0 Å². The second-order valence-electron chi connectivity index (χ2n) is 18.1. The molecule has 4 aromatic carbocycles. The van der Waals surface area contributed by atoms with Crippen LogP contribution in [0.5, 0.6) is 46.5 Å². The zero-order chi connectivity index (χ0) is 73.4. The first kappa shape index (κ1) is 79.3. The molecule has 6 heterocycles. The van der Waals surface area contributed by atoms with Gasteiger partial charge >= 0.3 is 54.6 Å². The summed E-state index contributed by atoms with van der Waals surface area (Å²) in [5.74, 6) is 1.43. The van der Waals surface area contributed by atoms with E-state index in [0.717, 1.165) is 33.1 Å². The fraction of sp³-hybridized carbons (Fsp3) is 0.119. The first-order valence-corrected chi connectivity index (χ1v) is 31.6. The summed E-state index contributed by atoms with van der Waals surface area (Å²) in [5, 5.41) is 29.2. The summed E-state index contributed by atoms with van der Waals surface area (Å²) in [6.07, 6.45) is 3.35. The SMILES string of the molecule is COc1cccc(-c2ccccc2-c2ccc3ncc(C(N)=O)n3c2)n1.COc1cccc(-c2ccccc2O)n1.COc1cccc(-c2ccccc2OS(=O)(=O)C(F)(F)F)n1.COc1cccc(Br)n1.O=S(=O)(OOOS(=O)(=O)C(F)(F)F)C(F)(F)F.O[B]Oc1ccccc1O. The number of pyridine rings is 5. The molecule has 1 radical (unpaired) electrons. The van der Waals surface area contributed by atoms with Crippen molar-refractivity contribution in [1.82, 2.24) is 29.3 Å². The molecule has 0 atom stereocenters. The molecule has 0 aliphatic carbocycles. The number of carbonyl (C=O) groups excluding carboxylic acids is 1. The fourth-order valence-electron chi connectivity index (χ4n) is 7.20. The lowest BCUT2D eigenvalue weighted by Crippen LogP contribution is -2.29. The van der Waals surface area contributed by atoms with Gasteiger partial charge in [-0.2, -0.15) is 64.8 Å². The highest BCUT2D eigenvalue weighted by Crippen LogP contribution is 2.36. The van der Waals surface area contributed by atoms with Crippen LogP contribution in [0.1, 0.15) is 10.5 Å². The Morgan fingerprint density at radius 2 is 0.889 bits per heavy atom. The molecule has 0 unspecified atom stereocenters. The summed E-state index contributed by atoms with van der Waals surface area (Å²) in [6.45, 7) is 0. The molecule has 0 aliphatic heterocycles. The lowest BCUT2D eigenvalue weighted by molar-refractivity contribution is -0.413. The maximum Gasteiger partial charge on any atom is 0.569 e. The predicted octanol–water partition coefficient (Wildman–Crippen LogP) is 11.3. The molecular weight excluding hydrogens is 1470 g/mol. The number of aromatic hydroxyl groups is 2. The number of halogens is 10. The average Bonchev–Trinajstić information content (AvgIpc) is 1.77. The van der Waals surface area contributed by atoms with E-state index in [4.69, 9.17) is 34.8 Å². The number of hydrogen-bond donors (Lipinski definition) is 4. The van der Waals surface area contributed by atoms with Crippen molar-refractivity contribution < 1.29 is 126 Å². The van der Waals surface area contributed by atoms with Gasteiger partial charge in [0.2, 0.25) is 23.5 Å². The highest BCUT2D eigenvalue weighted by Gasteiger charge is 2.52. The van der Waals surface area contributed by atoms with Gasteiger partial charge in [-0.1, -0.05) is 93.6 Å². The molecule has 0 fully saturated rings. The van der Waals surface area contributed by atoms with Gasteiger partial charge in [-0.3, -0.25) is 9.20 Å². The Kier molecular flexibility index (Phi) is 28.7. The Bertz CT molecular complexity index is 4640. The molecule has 525 valence electrons. The molecular formula is C59H49BBrF9N7O19S3. The number of imidazole rings is 1. The molecule has 26 nitrogen and oxygen atoms in total. The lowest BCUT2D eigenvalue weighted by Gasteiger charge is -2.12. The van der Waals surface area contributed by atoms with Gasteiger partial charge in [-0.25, -0.2) is 24.9 Å². The number of hydrogen-bond acceptors (Lipinski definition) is 24. The van der Waals surface area contributed by atoms with E-state index in [1.165, 1.54) is 43.6 Å². The zero-order valence-electron chi connectivity index (χ0n) is 50.7. The molecule has 0 saturated heterocycles. The minimum absolute atomic E-state index is 0.00722. The van der Waals surface area contributed by atoms with E-state index in [0.29, 0.717) is 47.9 Å². The third kappa shape index (κ3) is 23.1. The van der Waals surface area contributed by atoms with Crippen LogP contribution in [0, 0.1) is 0 Å². The number of carbonyl (C=O) groups is 1. The highest BCUT2D eigenvalue weighted by atomic mass is 79.9. The molecule has 0 aliphatic rings. The molecule has 10 rings (SSSR count). The van der Waals surface area contributed by atoms with Gasteiger partial charge in [0.1, 0.15) is 27.4 Å². The number of fused-ring (bicyclic) bond motifs is 1. The molecule has 1 amide bonds. The molecule has 10 aromatic rings. The summed E-state index contributed by atoms with van der Waals surface area (Å²) in [7, 11) is -12.0. The maximum atomic E-state index is 12.4. The Hall–Kier alpha value is -10.4. The number of para-hydroxylation sites is 4. The summed E-state index contributed by atoms with van der Waals surface area (Å²) >= 11 is 3.21. The largest absolute Gasteiger partial charge is 0.569 e. The van der Waals surface area contributed by atoms with Crippen LogP contribution in [0.15, 0.2) is 199 Å². The van der Waals surface area contributed by atoms with Crippen molar-refractivity contribution in [2.45, 2.75) is 16.5 Å². The van der Waals surface area contributed by atoms with Gasteiger partial charge < -0.3 is 48.8 Å². The van der Waals surface area contributed by atoms with Crippen LogP contribution in [0.4, 0.5) is 39.5 Å².